The largest absolute Gasteiger partial charge is 0.465 e. The van der Waals surface area contributed by atoms with Gasteiger partial charge in [0, 0.05) is 18.4 Å². The molecule has 0 aliphatic heterocycles. The Bertz CT molecular complexity index is 947. The maximum absolute atomic E-state index is 11.7. The minimum absolute atomic E-state index is 0.403. The van der Waals surface area contributed by atoms with Crippen LogP contribution in [0.2, 0.25) is 0 Å². The van der Waals surface area contributed by atoms with Crippen molar-refractivity contribution in [3.8, 4) is 11.6 Å². The quantitative estimate of drug-likeness (QED) is 0.720. The molecule has 1 aromatic carbocycles. The van der Waals surface area contributed by atoms with Gasteiger partial charge in [0.2, 0.25) is 5.88 Å². The van der Waals surface area contributed by atoms with Crippen LogP contribution in [0.1, 0.15) is 28.8 Å². The molecule has 1 aliphatic rings. The molecule has 2 heterocycles. The van der Waals surface area contributed by atoms with Crippen LogP contribution in [0.3, 0.4) is 0 Å². The first-order chi connectivity index (χ1) is 12.2. The smallest absolute Gasteiger partial charge is 0.337 e. The molecule has 1 N–H and O–H groups in total. The Morgan fingerprint density at radius 2 is 2.16 bits per heavy atom. The maximum Gasteiger partial charge on any atom is 0.337 e. The molecule has 0 unspecified atom stereocenters. The van der Waals surface area contributed by atoms with Gasteiger partial charge in [-0.1, -0.05) is 6.07 Å². The number of hydrogen-bond donors (Lipinski definition) is 1. The third kappa shape index (κ3) is 3.00. The van der Waals surface area contributed by atoms with Crippen LogP contribution in [0.15, 0.2) is 36.8 Å². The zero-order valence-corrected chi connectivity index (χ0v) is 14.0. The average molecular weight is 338 g/mol. The molecule has 1 aliphatic carbocycles. The number of esters is 1. The molecule has 25 heavy (non-hydrogen) atoms. The van der Waals surface area contributed by atoms with Crippen molar-refractivity contribution in [2.45, 2.75) is 25.8 Å². The Morgan fingerprint density at radius 3 is 2.92 bits per heavy atom. The Labute approximate surface area is 144 Å². The molecule has 7 heteroatoms. The van der Waals surface area contributed by atoms with E-state index in [0.717, 1.165) is 24.2 Å². The number of imidazole rings is 1. The molecule has 7 nitrogen and oxygen atoms in total. The number of methoxy groups -OCH3 is 1. The van der Waals surface area contributed by atoms with Gasteiger partial charge in [-0.2, -0.15) is 0 Å². The molecule has 4 rings (SSSR count). The van der Waals surface area contributed by atoms with Crippen molar-refractivity contribution >= 4 is 17.4 Å². The van der Waals surface area contributed by atoms with Crippen molar-refractivity contribution in [2.75, 3.05) is 12.4 Å². The summed E-state index contributed by atoms with van der Waals surface area (Å²) in [7, 11) is 1.35. The normalized spacial score (nSPS) is 13.7. The summed E-state index contributed by atoms with van der Waals surface area (Å²) >= 11 is 0. The van der Waals surface area contributed by atoms with Gasteiger partial charge in [0.05, 0.1) is 18.9 Å². The summed E-state index contributed by atoms with van der Waals surface area (Å²) in [4.78, 5) is 20.6. The molecule has 128 valence electrons. The Kier molecular flexibility index (Phi) is 3.76. The van der Waals surface area contributed by atoms with Crippen LogP contribution < -0.4 is 10.1 Å². The zero-order valence-electron chi connectivity index (χ0n) is 14.0. The fourth-order valence-corrected chi connectivity index (χ4v) is 2.56. The number of hydrogen-bond acceptors (Lipinski definition) is 6. The van der Waals surface area contributed by atoms with Crippen LogP contribution in [0.4, 0.5) is 5.82 Å². The SMILES string of the molecule is COC(=O)c1ccc(C)c(Oc2cnc(NC3CC3)c3nccn23)c1. The summed E-state index contributed by atoms with van der Waals surface area (Å²) in [6, 6.07) is 5.68. The van der Waals surface area contributed by atoms with E-state index in [4.69, 9.17) is 9.47 Å². The number of rotatable bonds is 5. The van der Waals surface area contributed by atoms with E-state index in [9.17, 15) is 4.79 Å². The summed E-state index contributed by atoms with van der Waals surface area (Å²) < 4.78 is 12.6. The molecule has 2 aromatic heterocycles. The minimum atomic E-state index is -0.403. The van der Waals surface area contributed by atoms with E-state index in [0.29, 0.717) is 28.9 Å². The number of anilines is 1. The van der Waals surface area contributed by atoms with Gasteiger partial charge in [0.1, 0.15) is 5.75 Å². The molecule has 0 saturated heterocycles. The van der Waals surface area contributed by atoms with Crippen molar-refractivity contribution in [1.82, 2.24) is 14.4 Å². The lowest BCUT2D eigenvalue weighted by molar-refractivity contribution is 0.0600. The van der Waals surface area contributed by atoms with E-state index in [1.54, 1.807) is 24.5 Å². The molecule has 0 spiro atoms. The summed E-state index contributed by atoms with van der Waals surface area (Å²) in [6.07, 6.45) is 7.51. The molecular formula is C18H18N4O3. The maximum atomic E-state index is 11.7. The Hall–Kier alpha value is -3.09. The van der Waals surface area contributed by atoms with E-state index in [2.05, 4.69) is 15.3 Å². The lowest BCUT2D eigenvalue weighted by Gasteiger charge is -2.13. The lowest BCUT2D eigenvalue weighted by Crippen LogP contribution is -2.07. The van der Waals surface area contributed by atoms with E-state index in [1.807, 2.05) is 23.6 Å². The van der Waals surface area contributed by atoms with Crippen LogP contribution in [0.5, 0.6) is 11.6 Å². The first kappa shape index (κ1) is 15.4. The summed E-state index contributed by atoms with van der Waals surface area (Å²) in [6.45, 7) is 1.91. The second kappa shape index (κ2) is 6.08. The van der Waals surface area contributed by atoms with E-state index in [1.165, 1.54) is 7.11 Å². The van der Waals surface area contributed by atoms with Crippen LogP contribution in [-0.2, 0) is 4.74 Å². The molecule has 1 fully saturated rings. The molecule has 1 saturated carbocycles. The predicted octanol–water partition coefficient (Wildman–Crippen LogP) is 3.19. The Balaban J connectivity index is 1.69. The number of aromatic nitrogens is 3. The van der Waals surface area contributed by atoms with Crippen LogP contribution >= 0.6 is 0 Å². The minimum Gasteiger partial charge on any atom is -0.465 e. The molecular weight excluding hydrogens is 320 g/mol. The van der Waals surface area contributed by atoms with Gasteiger partial charge in [-0.15, -0.1) is 0 Å². The number of nitrogens with zero attached hydrogens (tertiary/aromatic N) is 3. The number of nitrogens with one attached hydrogen (secondary N) is 1. The van der Waals surface area contributed by atoms with E-state index >= 15 is 0 Å². The second-order valence-electron chi connectivity index (χ2n) is 6.06. The highest BCUT2D eigenvalue weighted by Crippen LogP contribution is 2.30. The molecule has 0 atom stereocenters. The first-order valence-corrected chi connectivity index (χ1v) is 8.11. The van der Waals surface area contributed by atoms with Crippen LogP contribution in [-0.4, -0.2) is 33.5 Å². The van der Waals surface area contributed by atoms with Crippen molar-refractivity contribution in [1.29, 1.82) is 0 Å². The van der Waals surface area contributed by atoms with Crippen LogP contribution in [0, 0.1) is 6.92 Å². The fraction of sp³-hybridized carbons (Fsp3) is 0.278. The standard InChI is InChI=1S/C18H18N4O3/c1-11-3-4-12(18(23)24-2)9-14(11)25-15-10-20-16(21-13-5-6-13)17-19-7-8-22(15)17/h3-4,7-10,13H,5-6H2,1-2H3,(H,20,21). The van der Waals surface area contributed by atoms with Gasteiger partial charge >= 0.3 is 5.97 Å². The van der Waals surface area contributed by atoms with E-state index in [-0.39, 0.29) is 0 Å². The topological polar surface area (TPSA) is 77.8 Å². The van der Waals surface area contributed by atoms with Gasteiger partial charge in [-0.25, -0.2) is 14.8 Å². The van der Waals surface area contributed by atoms with Crippen LogP contribution in [0.25, 0.3) is 5.65 Å². The second-order valence-corrected chi connectivity index (χ2v) is 6.06. The third-order valence-electron chi connectivity index (χ3n) is 4.14. The predicted molar refractivity (Wildman–Crippen MR) is 92.2 cm³/mol. The highest BCUT2D eigenvalue weighted by Gasteiger charge is 2.23. The van der Waals surface area contributed by atoms with Crippen molar-refractivity contribution in [2.24, 2.45) is 0 Å². The lowest BCUT2D eigenvalue weighted by atomic mass is 10.1. The monoisotopic (exact) mass is 338 g/mol. The molecule has 0 radical (unpaired) electrons. The molecule has 0 bridgehead atoms. The average Bonchev–Trinajstić information content (AvgIpc) is 3.29. The van der Waals surface area contributed by atoms with E-state index < -0.39 is 5.97 Å². The van der Waals surface area contributed by atoms with Gasteiger partial charge in [0.15, 0.2) is 11.5 Å². The van der Waals surface area contributed by atoms with Crippen molar-refractivity contribution in [3.63, 3.8) is 0 Å². The number of aryl methyl sites for hydroxylation is 1. The number of benzene rings is 1. The summed E-state index contributed by atoms with van der Waals surface area (Å²) in [5.41, 5.74) is 2.05. The highest BCUT2D eigenvalue weighted by molar-refractivity contribution is 5.89. The number of fused-ring (bicyclic) bond motifs is 1. The van der Waals surface area contributed by atoms with Gasteiger partial charge in [-0.3, -0.25) is 4.40 Å². The zero-order chi connectivity index (χ0) is 17.4. The first-order valence-electron chi connectivity index (χ1n) is 8.11. The van der Waals surface area contributed by atoms with Crippen molar-refractivity contribution in [3.05, 3.63) is 47.9 Å². The number of carbonyl (C=O) groups excluding carboxylic acids is 1. The number of ether oxygens (including phenoxy) is 2. The van der Waals surface area contributed by atoms with Crippen molar-refractivity contribution < 1.29 is 14.3 Å². The van der Waals surface area contributed by atoms with Gasteiger partial charge in [0.25, 0.3) is 0 Å². The highest BCUT2D eigenvalue weighted by atomic mass is 16.5. The van der Waals surface area contributed by atoms with Gasteiger partial charge < -0.3 is 14.8 Å². The summed E-state index contributed by atoms with van der Waals surface area (Å²) in [5, 5.41) is 3.37. The summed E-state index contributed by atoms with van der Waals surface area (Å²) in [5.74, 6) is 1.45. The number of carbonyl (C=O) groups is 1. The fourth-order valence-electron chi connectivity index (χ4n) is 2.56. The third-order valence-corrected chi connectivity index (χ3v) is 4.14. The Morgan fingerprint density at radius 1 is 1.32 bits per heavy atom. The van der Waals surface area contributed by atoms with Gasteiger partial charge in [-0.05, 0) is 37.5 Å². The molecule has 0 amide bonds. The molecule has 3 aromatic rings.